The maximum atomic E-state index is 11.1. The molecule has 18 heavy (non-hydrogen) atoms. The van der Waals surface area contributed by atoms with Crippen molar-refractivity contribution in [3.8, 4) is 0 Å². The maximum absolute atomic E-state index is 11.1. The largest absolute Gasteiger partial charge is 0.478 e. The lowest BCUT2D eigenvalue weighted by Gasteiger charge is -2.11. The van der Waals surface area contributed by atoms with Gasteiger partial charge in [-0.05, 0) is 46.3 Å². The van der Waals surface area contributed by atoms with Crippen LogP contribution < -0.4 is 5.32 Å². The summed E-state index contributed by atoms with van der Waals surface area (Å²) in [4.78, 5) is 11.1. The number of rotatable bonds is 3. The summed E-state index contributed by atoms with van der Waals surface area (Å²) in [6, 6.07) is 12.0. The second kappa shape index (κ2) is 5.42. The van der Waals surface area contributed by atoms with Gasteiger partial charge in [0, 0.05) is 9.50 Å². The van der Waals surface area contributed by atoms with E-state index in [9.17, 15) is 4.79 Å². The zero-order chi connectivity index (χ0) is 13.1. The van der Waals surface area contributed by atoms with Crippen LogP contribution in [-0.2, 0) is 0 Å². The number of hydrogen-bond acceptors (Lipinski definition) is 2. The zero-order valence-electron chi connectivity index (χ0n) is 9.15. The van der Waals surface area contributed by atoms with E-state index in [2.05, 4.69) is 21.2 Å². The average molecular weight is 327 g/mol. The molecule has 0 saturated heterocycles. The Balaban J connectivity index is 2.40. The number of carboxylic acids is 1. The molecule has 2 N–H and O–H groups in total. The summed E-state index contributed by atoms with van der Waals surface area (Å²) >= 11 is 9.29. The first-order chi connectivity index (χ1) is 8.58. The van der Waals surface area contributed by atoms with E-state index in [0.29, 0.717) is 10.7 Å². The number of benzene rings is 2. The van der Waals surface area contributed by atoms with Gasteiger partial charge in [0.2, 0.25) is 0 Å². The van der Waals surface area contributed by atoms with Crippen LogP contribution in [0.4, 0.5) is 11.4 Å². The van der Waals surface area contributed by atoms with E-state index >= 15 is 0 Å². The smallest absolute Gasteiger partial charge is 0.337 e. The van der Waals surface area contributed by atoms with Gasteiger partial charge < -0.3 is 10.4 Å². The van der Waals surface area contributed by atoms with Crippen molar-refractivity contribution >= 4 is 44.9 Å². The lowest BCUT2D eigenvalue weighted by Crippen LogP contribution is -2.02. The molecule has 0 aliphatic rings. The van der Waals surface area contributed by atoms with E-state index in [0.717, 1.165) is 10.2 Å². The van der Waals surface area contributed by atoms with Gasteiger partial charge in [0.25, 0.3) is 0 Å². The second-order valence-corrected chi connectivity index (χ2v) is 4.89. The average Bonchev–Trinajstić information content (AvgIpc) is 2.34. The van der Waals surface area contributed by atoms with Gasteiger partial charge in [-0.2, -0.15) is 0 Å². The van der Waals surface area contributed by atoms with Crippen molar-refractivity contribution in [1.29, 1.82) is 0 Å². The molecule has 2 rings (SSSR count). The maximum Gasteiger partial charge on any atom is 0.337 e. The summed E-state index contributed by atoms with van der Waals surface area (Å²) in [5, 5.41) is 12.7. The number of nitrogens with one attached hydrogen (secondary N) is 1. The van der Waals surface area contributed by atoms with Gasteiger partial charge in [0.1, 0.15) is 0 Å². The molecule has 0 aliphatic heterocycles. The van der Waals surface area contributed by atoms with Gasteiger partial charge in [-0.15, -0.1) is 0 Å². The van der Waals surface area contributed by atoms with Crippen LogP contribution in [0.1, 0.15) is 10.4 Å². The van der Waals surface area contributed by atoms with Gasteiger partial charge in [0.15, 0.2) is 0 Å². The van der Waals surface area contributed by atoms with Crippen LogP contribution in [0.25, 0.3) is 0 Å². The number of carboxylic acid groups (broad SMARTS) is 1. The Bertz CT molecular complexity index is 601. The predicted molar refractivity (Wildman–Crippen MR) is 75.8 cm³/mol. The summed E-state index contributed by atoms with van der Waals surface area (Å²) in [5.74, 6) is -0.976. The van der Waals surface area contributed by atoms with Crippen LogP contribution >= 0.6 is 27.5 Å². The highest BCUT2D eigenvalue weighted by atomic mass is 79.9. The Morgan fingerprint density at radius 3 is 2.61 bits per heavy atom. The Labute approximate surface area is 118 Å². The van der Waals surface area contributed by atoms with Crippen LogP contribution in [0, 0.1) is 0 Å². The monoisotopic (exact) mass is 325 g/mol. The van der Waals surface area contributed by atoms with Crippen LogP contribution in [0.5, 0.6) is 0 Å². The number of hydrogen-bond donors (Lipinski definition) is 2. The minimum atomic E-state index is -0.976. The summed E-state index contributed by atoms with van der Waals surface area (Å²) < 4.78 is 0.812. The van der Waals surface area contributed by atoms with Crippen molar-refractivity contribution in [2.75, 3.05) is 5.32 Å². The molecule has 2 aromatic carbocycles. The topological polar surface area (TPSA) is 49.3 Å². The van der Waals surface area contributed by atoms with Crippen molar-refractivity contribution in [3.05, 3.63) is 57.5 Å². The SMILES string of the molecule is O=C(O)c1ccccc1Nc1cc(Cl)ccc1Br. The van der Waals surface area contributed by atoms with Gasteiger partial charge in [0.05, 0.1) is 16.9 Å². The predicted octanol–water partition coefficient (Wildman–Crippen LogP) is 4.54. The fourth-order valence-electron chi connectivity index (χ4n) is 1.52. The van der Waals surface area contributed by atoms with Crippen molar-refractivity contribution < 1.29 is 9.90 Å². The number of carbonyl (C=O) groups is 1. The number of halogens is 2. The summed E-state index contributed by atoms with van der Waals surface area (Å²) in [6.45, 7) is 0. The molecule has 0 radical (unpaired) electrons. The van der Waals surface area contributed by atoms with Gasteiger partial charge in [-0.1, -0.05) is 23.7 Å². The molecular weight excluding hydrogens is 318 g/mol. The third kappa shape index (κ3) is 2.83. The van der Waals surface area contributed by atoms with Crippen LogP contribution in [-0.4, -0.2) is 11.1 Å². The highest BCUT2D eigenvalue weighted by molar-refractivity contribution is 9.10. The standard InChI is InChI=1S/C13H9BrClNO2/c14-10-6-5-8(15)7-12(10)16-11-4-2-1-3-9(11)13(17)18/h1-7,16H,(H,17,18). The first-order valence-electron chi connectivity index (χ1n) is 5.12. The second-order valence-electron chi connectivity index (χ2n) is 3.60. The van der Waals surface area contributed by atoms with Gasteiger partial charge >= 0.3 is 5.97 Å². The van der Waals surface area contributed by atoms with Crippen LogP contribution in [0.3, 0.4) is 0 Å². The highest BCUT2D eigenvalue weighted by Gasteiger charge is 2.10. The van der Waals surface area contributed by atoms with Crippen LogP contribution in [0.2, 0.25) is 5.02 Å². The molecule has 0 aliphatic carbocycles. The Morgan fingerprint density at radius 1 is 1.17 bits per heavy atom. The molecule has 0 aromatic heterocycles. The van der Waals surface area contributed by atoms with E-state index < -0.39 is 5.97 Å². The molecule has 0 fully saturated rings. The molecule has 2 aromatic rings. The zero-order valence-corrected chi connectivity index (χ0v) is 11.5. The molecule has 0 heterocycles. The van der Waals surface area contributed by atoms with E-state index in [1.165, 1.54) is 0 Å². The third-order valence-corrected chi connectivity index (χ3v) is 3.28. The van der Waals surface area contributed by atoms with Gasteiger partial charge in [-0.25, -0.2) is 4.79 Å². The summed E-state index contributed by atoms with van der Waals surface area (Å²) in [6.07, 6.45) is 0. The van der Waals surface area contributed by atoms with Gasteiger partial charge in [-0.3, -0.25) is 0 Å². The summed E-state index contributed by atoms with van der Waals surface area (Å²) in [5.41, 5.74) is 1.45. The normalized spacial score (nSPS) is 10.1. The van der Waals surface area contributed by atoms with Crippen molar-refractivity contribution in [3.63, 3.8) is 0 Å². The fraction of sp³-hybridized carbons (Fsp3) is 0. The molecule has 0 amide bonds. The van der Waals surface area contributed by atoms with Crippen molar-refractivity contribution in [2.45, 2.75) is 0 Å². The quantitative estimate of drug-likeness (QED) is 0.870. The van der Waals surface area contributed by atoms with Crippen LogP contribution in [0.15, 0.2) is 46.9 Å². The molecule has 0 atom stereocenters. The molecule has 0 bridgehead atoms. The molecule has 0 spiro atoms. The minimum absolute atomic E-state index is 0.212. The lowest BCUT2D eigenvalue weighted by atomic mass is 10.1. The first-order valence-corrected chi connectivity index (χ1v) is 6.29. The van der Waals surface area contributed by atoms with E-state index in [4.69, 9.17) is 16.7 Å². The van der Waals surface area contributed by atoms with E-state index in [1.54, 1.807) is 42.5 Å². The molecule has 0 unspecified atom stereocenters. The number of anilines is 2. The Hall–Kier alpha value is -1.52. The molecule has 5 heteroatoms. The fourth-order valence-corrected chi connectivity index (χ4v) is 2.03. The van der Waals surface area contributed by atoms with E-state index in [1.807, 2.05) is 0 Å². The van der Waals surface area contributed by atoms with E-state index in [-0.39, 0.29) is 5.56 Å². The third-order valence-electron chi connectivity index (χ3n) is 2.36. The van der Waals surface area contributed by atoms with Crippen molar-refractivity contribution in [1.82, 2.24) is 0 Å². The molecule has 92 valence electrons. The summed E-state index contributed by atoms with van der Waals surface area (Å²) in [7, 11) is 0. The minimum Gasteiger partial charge on any atom is -0.478 e. The number of aromatic carboxylic acids is 1. The lowest BCUT2D eigenvalue weighted by molar-refractivity contribution is 0.0698. The van der Waals surface area contributed by atoms with Crippen molar-refractivity contribution in [2.24, 2.45) is 0 Å². The first kappa shape index (κ1) is 12.9. The molecular formula is C13H9BrClNO2. The Morgan fingerprint density at radius 2 is 1.89 bits per heavy atom. The number of para-hydroxylation sites is 1. The molecule has 0 saturated carbocycles. The molecule has 3 nitrogen and oxygen atoms in total. The highest BCUT2D eigenvalue weighted by Crippen LogP contribution is 2.30. The Kier molecular flexibility index (Phi) is 3.89.